The van der Waals surface area contributed by atoms with E-state index in [1.54, 1.807) is 6.20 Å². The van der Waals surface area contributed by atoms with Gasteiger partial charge in [0.05, 0.1) is 23.5 Å². The highest BCUT2D eigenvalue weighted by atomic mass is 19.4. The molecule has 1 aromatic carbocycles. The van der Waals surface area contributed by atoms with Crippen molar-refractivity contribution < 1.29 is 26.3 Å². The number of halogens is 6. The molecule has 11 heteroatoms. The summed E-state index contributed by atoms with van der Waals surface area (Å²) in [5, 5.41) is 9.72. The van der Waals surface area contributed by atoms with E-state index in [-0.39, 0.29) is 24.1 Å². The topological polar surface area (TPSA) is 57.7 Å². The summed E-state index contributed by atoms with van der Waals surface area (Å²) in [6.45, 7) is 3.89. The second kappa shape index (κ2) is 8.78. The Labute approximate surface area is 209 Å². The van der Waals surface area contributed by atoms with Gasteiger partial charge in [0.25, 0.3) is 0 Å². The molecule has 2 bridgehead atoms. The third-order valence-electron chi connectivity index (χ3n) is 7.21. The second-order valence-electron chi connectivity index (χ2n) is 9.77. The number of piperidine rings is 1. The molecule has 1 saturated carbocycles. The van der Waals surface area contributed by atoms with Crippen molar-refractivity contribution in [2.45, 2.75) is 63.6 Å². The molecule has 1 aliphatic carbocycles. The number of nitriles is 1. The van der Waals surface area contributed by atoms with Crippen molar-refractivity contribution in [1.82, 2.24) is 14.5 Å². The van der Waals surface area contributed by atoms with Crippen molar-refractivity contribution in [2.75, 3.05) is 4.90 Å². The van der Waals surface area contributed by atoms with E-state index in [0.29, 0.717) is 18.7 Å². The van der Waals surface area contributed by atoms with E-state index in [4.69, 9.17) is 0 Å². The van der Waals surface area contributed by atoms with Gasteiger partial charge in [-0.1, -0.05) is 30.3 Å². The average Bonchev–Trinajstić information content (AvgIpc) is 3.56. The van der Waals surface area contributed by atoms with Gasteiger partial charge in [-0.25, -0.2) is 9.97 Å². The van der Waals surface area contributed by atoms with Crippen molar-refractivity contribution in [3.05, 3.63) is 65.2 Å². The molecule has 5 nitrogen and oxygen atoms in total. The third kappa shape index (κ3) is 4.22. The van der Waals surface area contributed by atoms with Gasteiger partial charge in [-0.15, -0.1) is 0 Å². The third-order valence-corrected chi connectivity index (χ3v) is 7.21. The van der Waals surface area contributed by atoms with E-state index >= 15 is 0 Å². The number of anilines is 1. The van der Waals surface area contributed by atoms with Crippen molar-refractivity contribution >= 4 is 5.82 Å². The van der Waals surface area contributed by atoms with Crippen LogP contribution in [0.25, 0.3) is 11.3 Å². The van der Waals surface area contributed by atoms with Crippen molar-refractivity contribution in [3.8, 4) is 17.3 Å². The molecule has 0 unspecified atom stereocenters. The summed E-state index contributed by atoms with van der Waals surface area (Å²) in [7, 11) is 0. The molecule has 0 spiro atoms. The lowest BCUT2D eigenvalue weighted by atomic mass is 9.96. The Morgan fingerprint density at radius 2 is 1.73 bits per heavy atom. The van der Waals surface area contributed by atoms with Gasteiger partial charge < -0.3 is 9.47 Å². The monoisotopic (exact) mass is 519 g/mol. The number of hydrogen-bond acceptors (Lipinski definition) is 4. The Bertz CT molecular complexity index is 1350. The summed E-state index contributed by atoms with van der Waals surface area (Å²) >= 11 is 0. The predicted molar refractivity (Wildman–Crippen MR) is 123 cm³/mol. The molecule has 1 saturated heterocycles. The van der Waals surface area contributed by atoms with Crippen molar-refractivity contribution in [3.63, 3.8) is 0 Å². The standard InChI is InChI=1S/C26H23F6N5/c1-14(2)36-20(15-6-4-3-5-7-15)13-34-24(36)22-16-8-9-17(10-16)37(22)23-18(12-33)19(25(27,28)29)11-21(35-23)26(30,31)32/h3-7,11,13-14,16-17,22H,8-10H2,1-2H3/t16-,17+,22-/m0/s1. The number of fused-ring (bicyclic) bond motifs is 2. The molecular formula is C26H23F6N5. The van der Waals surface area contributed by atoms with E-state index in [9.17, 15) is 31.6 Å². The highest BCUT2D eigenvalue weighted by molar-refractivity contribution is 5.63. The van der Waals surface area contributed by atoms with Crippen LogP contribution in [0.2, 0.25) is 0 Å². The highest BCUT2D eigenvalue weighted by Crippen LogP contribution is 2.54. The van der Waals surface area contributed by atoms with Gasteiger partial charge in [0.15, 0.2) is 0 Å². The lowest BCUT2D eigenvalue weighted by Crippen LogP contribution is -2.38. The zero-order chi connectivity index (χ0) is 26.7. The number of imidazole rings is 1. The van der Waals surface area contributed by atoms with Crippen LogP contribution in [0.4, 0.5) is 32.2 Å². The first-order chi connectivity index (χ1) is 17.4. The Morgan fingerprint density at radius 1 is 1.03 bits per heavy atom. The van der Waals surface area contributed by atoms with Crippen LogP contribution in [0.3, 0.4) is 0 Å². The minimum Gasteiger partial charge on any atom is -0.342 e. The number of hydrogen-bond donors (Lipinski definition) is 0. The number of alkyl halides is 6. The van der Waals surface area contributed by atoms with Crippen LogP contribution >= 0.6 is 0 Å². The summed E-state index contributed by atoms with van der Waals surface area (Å²) in [6, 6.07) is 9.82. The molecule has 0 amide bonds. The van der Waals surface area contributed by atoms with Gasteiger partial charge in [-0.05, 0) is 50.7 Å². The van der Waals surface area contributed by atoms with E-state index < -0.39 is 41.0 Å². The fraction of sp³-hybridized carbons (Fsp3) is 0.423. The molecule has 5 rings (SSSR count). The summed E-state index contributed by atoms with van der Waals surface area (Å²) in [5.74, 6) is -0.0927. The first kappa shape index (κ1) is 25.1. The van der Waals surface area contributed by atoms with Crippen LogP contribution in [-0.2, 0) is 12.4 Å². The van der Waals surface area contributed by atoms with Crippen LogP contribution in [0.1, 0.15) is 67.8 Å². The zero-order valence-corrected chi connectivity index (χ0v) is 20.0. The van der Waals surface area contributed by atoms with Crippen molar-refractivity contribution in [1.29, 1.82) is 5.26 Å². The fourth-order valence-electron chi connectivity index (χ4n) is 5.78. The lowest BCUT2D eigenvalue weighted by molar-refractivity contribution is -0.145. The average molecular weight is 519 g/mol. The fourth-order valence-corrected chi connectivity index (χ4v) is 5.78. The van der Waals surface area contributed by atoms with E-state index in [1.807, 2.05) is 48.7 Å². The molecule has 3 aromatic rings. The molecule has 3 atom stereocenters. The molecule has 37 heavy (non-hydrogen) atoms. The highest BCUT2D eigenvalue weighted by Gasteiger charge is 2.51. The largest absolute Gasteiger partial charge is 0.433 e. The lowest BCUT2D eigenvalue weighted by Gasteiger charge is -2.37. The quantitative estimate of drug-likeness (QED) is 0.343. The van der Waals surface area contributed by atoms with Crippen LogP contribution in [-0.4, -0.2) is 20.6 Å². The number of aromatic nitrogens is 3. The molecule has 2 aromatic heterocycles. The molecule has 2 fully saturated rings. The summed E-state index contributed by atoms with van der Waals surface area (Å²) in [4.78, 5) is 9.79. The Balaban J connectivity index is 1.73. The molecule has 2 aliphatic rings. The van der Waals surface area contributed by atoms with Gasteiger partial charge in [0.2, 0.25) is 0 Å². The molecule has 1 aliphatic heterocycles. The van der Waals surface area contributed by atoms with Gasteiger partial charge in [0, 0.05) is 12.1 Å². The Kier molecular flexibility index (Phi) is 5.96. The van der Waals surface area contributed by atoms with Gasteiger partial charge >= 0.3 is 12.4 Å². The van der Waals surface area contributed by atoms with E-state index in [2.05, 4.69) is 9.97 Å². The molecular weight excluding hydrogens is 496 g/mol. The molecule has 194 valence electrons. The summed E-state index contributed by atoms with van der Waals surface area (Å²) in [6.07, 6.45) is -6.69. The smallest absolute Gasteiger partial charge is 0.342 e. The zero-order valence-electron chi connectivity index (χ0n) is 20.0. The first-order valence-electron chi connectivity index (χ1n) is 11.9. The van der Waals surface area contributed by atoms with Gasteiger partial charge in [0.1, 0.15) is 29.0 Å². The Hall–Kier alpha value is -3.55. The second-order valence-corrected chi connectivity index (χ2v) is 9.77. The first-order valence-corrected chi connectivity index (χ1v) is 11.9. The number of benzene rings is 1. The van der Waals surface area contributed by atoms with Crippen molar-refractivity contribution in [2.24, 2.45) is 5.92 Å². The molecule has 0 radical (unpaired) electrons. The maximum absolute atomic E-state index is 13.9. The normalized spacial score (nSPS) is 21.6. The Morgan fingerprint density at radius 3 is 2.32 bits per heavy atom. The number of pyridine rings is 1. The minimum atomic E-state index is -5.16. The maximum Gasteiger partial charge on any atom is 0.433 e. The van der Waals surface area contributed by atoms with Crippen LogP contribution in [0.5, 0.6) is 0 Å². The maximum atomic E-state index is 13.9. The number of rotatable bonds is 4. The van der Waals surface area contributed by atoms with E-state index in [0.717, 1.165) is 17.7 Å². The predicted octanol–water partition coefficient (Wildman–Crippen LogP) is 7.17. The van der Waals surface area contributed by atoms with E-state index in [1.165, 1.54) is 11.0 Å². The minimum absolute atomic E-state index is 0.0502. The molecule has 3 heterocycles. The SMILES string of the molecule is CC(C)n1c(-c2ccccc2)cnc1[C@@H]1[C@H]2CC[C@H](C2)N1c1nc(C(F)(F)F)cc(C(F)(F)F)c1C#N. The van der Waals surface area contributed by atoms with Gasteiger partial charge in [-0.2, -0.15) is 31.6 Å². The van der Waals surface area contributed by atoms with Crippen LogP contribution in [0, 0.1) is 17.2 Å². The van der Waals surface area contributed by atoms with Crippen LogP contribution < -0.4 is 4.90 Å². The van der Waals surface area contributed by atoms with Gasteiger partial charge in [-0.3, -0.25) is 0 Å². The summed E-state index contributed by atoms with van der Waals surface area (Å²) in [5.41, 5.74) is -2.52. The van der Waals surface area contributed by atoms with Crippen LogP contribution in [0.15, 0.2) is 42.6 Å². The summed E-state index contributed by atoms with van der Waals surface area (Å²) < 4.78 is 84.6. The number of nitrogens with zero attached hydrogens (tertiary/aromatic N) is 5. The molecule has 0 N–H and O–H groups in total.